The minimum Gasteiger partial charge on any atom is -0.496 e. The van der Waals surface area contributed by atoms with Crippen LogP contribution >= 0.6 is 0 Å². The highest BCUT2D eigenvalue weighted by molar-refractivity contribution is 5.71. The van der Waals surface area contributed by atoms with E-state index in [1.165, 1.54) is 22.3 Å². The summed E-state index contributed by atoms with van der Waals surface area (Å²) in [5.74, 6) is 0.999. The molecule has 0 amide bonds. The molecule has 24 heavy (non-hydrogen) atoms. The molecule has 0 aliphatic carbocycles. The van der Waals surface area contributed by atoms with Crippen LogP contribution < -0.4 is 10.1 Å². The lowest BCUT2D eigenvalue weighted by molar-refractivity contribution is 0.406. The summed E-state index contributed by atoms with van der Waals surface area (Å²) < 4.78 is 7.45. The summed E-state index contributed by atoms with van der Waals surface area (Å²) in [5.41, 5.74) is 7.43. The fourth-order valence-corrected chi connectivity index (χ4v) is 3.38. The number of benzene rings is 2. The first-order valence-corrected chi connectivity index (χ1v) is 8.28. The highest BCUT2D eigenvalue weighted by atomic mass is 16.5. The quantitative estimate of drug-likeness (QED) is 0.803. The molecule has 0 saturated heterocycles. The van der Waals surface area contributed by atoms with Gasteiger partial charge in [-0.2, -0.15) is 5.10 Å². The molecule has 1 N–H and O–H groups in total. The molecule has 0 saturated carbocycles. The van der Waals surface area contributed by atoms with Gasteiger partial charge in [-0.1, -0.05) is 18.2 Å². The molecule has 2 aromatic carbocycles. The van der Waals surface area contributed by atoms with Crippen molar-refractivity contribution in [2.24, 2.45) is 0 Å². The molecule has 4 heteroatoms. The second kappa shape index (κ2) is 6.13. The fraction of sp³-hybridized carbons (Fsp3) is 0.250. The monoisotopic (exact) mass is 319 g/mol. The SMILES string of the molecule is COc1ccc(-c2ccc(-n3cc(C)cn3)cc2)c2c1CCNC2. The van der Waals surface area contributed by atoms with Gasteiger partial charge in [0, 0.05) is 18.3 Å². The highest BCUT2D eigenvalue weighted by Gasteiger charge is 2.18. The number of hydrogen-bond donors (Lipinski definition) is 1. The lowest BCUT2D eigenvalue weighted by atomic mass is 9.91. The minimum atomic E-state index is 0.891. The van der Waals surface area contributed by atoms with Crippen molar-refractivity contribution >= 4 is 0 Å². The molecule has 4 nitrogen and oxygen atoms in total. The zero-order chi connectivity index (χ0) is 16.5. The molecule has 0 spiro atoms. The van der Waals surface area contributed by atoms with Crippen molar-refractivity contribution in [3.05, 3.63) is 65.5 Å². The number of hydrogen-bond acceptors (Lipinski definition) is 3. The molecule has 0 unspecified atom stereocenters. The highest BCUT2D eigenvalue weighted by Crippen LogP contribution is 2.34. The first-order valence-electron chi connectivity index (χ1n) is 8.28. The van der Waals surface area contributed by atoms with Crippen LogP contribution in [0.15, 0.2) is 48.8 Å². The summed E-state index contributed by atoms with van der Waals surface area (Å²) in [7, 11) is 1.75. The van der Waals surface area contributed by atoms with E-state index in [9.17, 15) is 0 Å². The molecular weight excluding hydrogens is 298 g/mol. The summed E-state index contributed by atoms with van der Waals surface area (Å²) in [6, 6.07) is 12.8. The molecule has 0 radical (unpaired) electrons. The van der Waals surface area contributed by atoms with Gasteiger partial charge in [0.15, 0.2) is 0 Å². The third-order valence-corrected chi connectivity index (χ3v) is 4.62. The normalized spacial score (nSPS) is 13.6. The average Bonchev–Trinajstić information content (AvgIpc) is 3.07. The third kappa shape index (κ3) is 2.59. The number of fused-ring (bicyclic) bond motifs is 1. The molecule has 1 aliphatic heterocycles. The van der Waals surface area contributed by atoms with Gasteiger partial charge >= 0.3 is 0 Å². The van der Waals surface area contributed by atoms with Crippen LogP contribution in [-0.4, -0.2) is 23.4 Å². The van der Waals surface area contributed by atoms with Crippen LogP contribution in [0.25, 0.3) is 16.8 Å². The second-order valence-corrected chi connectivity index (χ2v) is 6.21. The molecule has 122 valence electrons. The van der Waals surface area contributed by atoms with E-state index in [1.807, 2.05) is 17.1 Å². The number of methoxy groups -OCH3 is 1. The van der Waals surface area contributed by atoms with E-state index in [1.54, 1.807) is 7.11 Å². The summed E-state index contributed by atoms with van der Waals surface area (Å²) in [6.07, 6.45) is 4.92. The van der Waals surface area contributed by atoms with Gasteiger partial charge in [-0.25, -0.2) is 4.68 Å². The molecule has 0 bridgehead atoms. The van der Waals surface area contributed by atoms with Gasteiger partial charge in [0.2, 0.25) is 0 Å². The first-order chi connectivity index (χ1) is 11.8. The van der Waals surface area contributed by atoms with E-state index in [2.05, 4.69) is 53.7 Å². The number of rotatable bonds is 3. The Labute approximate surface area is 142 Å². The van der Waals surface area contributed by atoms with Crippen LogP contribution in [0, 0.1) is 6.92 Å². The van der Waals surface area contributed by atoms with E-state index in [4.69, 9.17) is 4.74 Å². The van der Waals surface area contributed by atoms with Gasteiger partial charge < -0.3 is 10.1 Å². The Bertz CT molecular complexity index is 865. The summed E-state index contributed by atoms with van der Waals surface area (Å²) in [6.45, 7) is 3.95. The van der Waals surface area contributed by atoms with Crippen LogP contribution in [-0.2, 0) is 13.0 Å². The lowest BCUT2D eigenvalue weighted by Gasteiger charge is -2.23. The number of nitrogens with zero attached hydrogens (tertiary/aromatic N) is 2. The Hall–Kier alpha value is -2.59. The predicted octanol–water partition coefficient (Wildman–Crippen LogP) is 3.50. The average molecular weight is 319 g/mol. The Balaban J connectivity index is 1.74. The van der Waals surface area contributed by atoms with E-state index in [-0.39, 0.29) is 0 Å². The van der Waals surface area contributed by atoms with Crippen LogP contribution in [0.5, 0.6) is 5.75 Å². The summed E-state index contributed by atoms with van der Waals surface area (Å²) >= 11 is 0. The van der Waals surface area contributed by atoms with Gasteiger partial charge in [0.25, 0.3) is 0 Å². The fourth-order valence-electron chi connectivity index (χ4n) is 3.38. The van der Waals surface area contributed by atoms with Gasteiger partial charge in [0.1, 0.15) is 5.75 Å². The standard InChI is InChI=1S/C20H21N3O/c1-14-11-22-23(13-14)16-5-3-15(4-6-16)17-7-8-20(24-2)18-9-10-21-12-19(17)18/h3-8,11,13,21H,9-10,12H2,1-2H3. The maximum absolute atomic E-state index is 5.54. The molecule has 0 fully saturated rings. The maximum Gasteiger partial charge on any atom is 0.122 e. The van der Waals surface area contributed by atoms with Crippen molar-refractivity contribution in [1.29, 1.82) is 0 Å². The van der Waals surface area contributed by atoms with Crippen molar-refractivity contribution in [3.63, 3.8) is 0 Å². The minimum absolute atomic E-state index is 0.891. The summed E-state index contributed by atoms with van der Waals surface area (Å²) in [4.78, 5) is 0. The van der Waals surface area contributed by atoms with Crippen LogP contribution in [0.2, 0.25) is 0 Å². The second-order valence-electron chi connectivity index (χ2n) is 6.21. The van der Waals surface area contributed by atoms with Crippen LogP contribution in [0.1, 0.15) is 16.7 Å². The third-order valence-electron chi connectivity index (χ3n) is 4.62. The Kier molecular flexibility index (Phi) is 3.82. The Morgan fingerprint density at radius 3 is 2.62 bits per heavy atom. The Morgan fingerprint density at radius 1 is 1.08 bits per heavy atom. The van der Waals surface area contributed by atoms with E-state index >= 15 is 0 Å². The smallest absolute Gasteiger partial charge is 0.122 e. The number of aromatic nitrogens is 2. The molecule has 2 heterocycles. The molecule has 3 aromatic rings. The van der Waals surface area contributed by atoms with Crippen molar-refractivity contribution in [2.75, 3.05) is 13.7 Å². The molecule has 1 aliphatic rings. The molecule has 1 aromatic heterocycles. The van der Waals surface area contributed by atoms with Gasteiger partial charge in [-0.15, -0.1) is 0 Å². The van der Waals surface area contributed by atoms with Gasteiger partial charge in [0.05, 0.1) is 19.0 Å². The number of aryl methyl sites for hydroxylation is 1. The predicted molar refractivity (Wildman–Crippen MR) is 95.7 cm³/mol. The van der Waals surface area contributed by atoms with Crippen molar-refractivity contribution < 1.29 is 4.74 Å². The maximum atomic E-state index is 5.54. The van der Waals surface area contributed by atoms with E-state index in [0.717, 1.165) is 36.5 Å². The van der Waals surface area contributed by atoms with Crippen molar-refractivity contribution in [1.82, 2.24) is 15.1 Å². The number of nitrogens with one attached hydrogen (secondary N) is 1. The van der Waals surface area contributed by atoms with Gasteiger partial charge in [-0.05, 0) is 60.3 Å². The number of ether oxygens (including phenoxy) is 1. The van der Waals surface area contributed by atoms with E-state index < -0.39 is 0 Å². The summed E-state index contributed by atoms with van der Waals surface area (Å²) in [5, 5.41) is 7.84. The molecular formula is C20H21N3O. The first kappa shape index (κ1) is 15.0. The molecule has 4 rings (SSSR count). The van der Waals surface area contributed by atoms with Crippen molar-refractivity contribution in [3.8, 4) is 22.6 Å². The zero-order valence-corrected chi connectivity index (χ0v) is 14.0. The van der Waals surface area contributed by atoms with Crippen LogP contribution in [0.4, 0.5) is 0 Å². The van der Waals surface area contributed by atoms with Crippen molar-refractivity contribution in [2.45, 2.75) is 19.9 Å². The van der Waals surface area contributed by atoms with Gasteiger partial charge in [-0.3, -0.25) is 0 Å². The molecule has 0 atom stereocenters. The topological polar surface area (TPSA) is 39.1 Å². The van der Waals surface area contributed by atoms with E-state index in [0.29, 0.717) is 0 Å². The van der Waals surface area contributed by atoms with Crippen LogP contribution in [0.3, 0.4) is 0 Å². The lowest BCUT2D eigenvalue weighted by Crippen LogP contribution is -2.24. The zero-order valence-electron chi connectivity index (χ0n) is 14.0. The Morgan fingerprint density at radius 2 is 1.92 bits per heavy atom. The largest absolute Gasteiger partial charge is 0.496 e.